The molecule has 0 unspecified atom stereocenters. The van der Waals surface area contributed by atoms with E-state index >= 15 is 0 Å². The van der Waals surface area contributed by atoms with Gasteiger partial charge in [0.15, 0.2) is 5.82 Å². The van der Waals surface area contributed by atoms with E-state index in [0.717, 1.165) is 38.2 Å². The Bertz CT molecular complexity index is 473. The molecule has 0 aliphatic carbocycles. The maximum Gasteiger partial charge on any atom is 0.181 e. The number of nitrogens with one attached hydrogen (secondary N) is 2. The van der Waals surface area contributed by atoms with Gasteiger partial charge in [-0.1, -0.05) is 35.5 Å². The Morgan fingerprint density at radius 3 is 2.56 bits per heavy atom. The first kappa shape index (κ1) is 11.3. The molecule has 1 aliphatic rings. The van der Waals surface area contributed by atoms with E-state index in [-0.39, 0.29) is 5.41 Å². The maximum absolute atomic E-state index is 4.23. The number of hydrogen-bond donors (Lipinski definition) is 2. The highest BCUT2D eigenvalue weighted by atomic mass is 15.5. The Kier molecular flexibility index (Phi) is 3.06. The van der Waals surface area contributed by atoms with Gasteiger partial charge in [0, 0.05) is 5.41 Å². The minimum Gasteiger partial charge on any atom is -0.317 e. The molecular weight excluding hydrogens is 226 g/mol. The first-order valence-corrected chi connectivity index (χ1v) is 6.38. The minimum absolute atomic E-state index is 0.0274. The van der Waals surface area contributed by atoms with Gasteiger partial charge in [-0.15, -0.1) is 10.2 Å². The van der Waals surface area contributed by atoms with Gasteiger partial charge in [0.1, 0.15) is 0 Å². The summed E-state index contributed by atoms with van der Waals surface area (Å²) in [5.74, 6) is 0.854. The minimum atomic E-state index is 0.0274. The van der Waals surface area contributed by atoms with Gasteiger partial charge in [-0.05, 0) is 37.9 Å². The summed E-state index contributed by atoms with van der Waals surface area (Å²) >= 11 is 0. The lowest BCUT2D eigenvalue weighted by Crippen LogP contribution is -2.42. The molecule has 2 heterocycles. The molecule has 1 aromatic heterocycles. The molecule has 2 aromatic rings. The predicted molar refractivity (Wildman–Crippen MR) is 68.1 cm³/mol. The molecule has 1 saturated heterocycles. The van der Waals surface area contributed by atoms with Crippen molar-refractivity contribution in [1.82, 2.24) is 25.9 Å². The number of aromatic amines is 1. The van der Waals surface area contributed by atoms with Gasteiger partial charge < -0.3 is 5.32 Å². The predicted octanol–water partition coefficient (Wildman–Crippen LogP) is 1.06. The van der Waals surface area contributed by atoms with Crippen molar-refractivity contribution in [3.8, 4) is 0 Å². The van der Waals surface area contributed by atoms with E-state index in [1.165, 1.54) is 5.56 Å². The summed E-state index contributed by atoms with van der Waals surface area (Å²) in [5, 5.41) is 18.2. The average molecular weight is 243 g/mol. The van der Waals surface area contributed by atoms with E-state index in [2.05, 4.69) is 50.2 Å². The number of tetrazole rings is 1. The SMILES string of the molecule is c1ccc(CC2(c3nn[nH]n3)CCNCC2)cc1. The van der Waals surface area contributed by atoms with Crippen LogP contribution in [-0.4, -0.2) is 33.7 Å². The van der Waals surface area contributed by atoms with Crippen molar-refractivity contribution in [3.05, 3.63) is 41.7 Å². The number of nitrogens with zero attached hydrogens (tertiary/aromatic N) is 3. The summed E-state index contributed by atoms with van der Waals surface area (Å²) in [6.07, 6.45) is 3.10. The Hall–Kier alpha value is -1.75. The van der Waals surface area contributed by atoms with Gasteiger partial charge in [0.25, 0.3) is 0 Å². The molecule has 18 heavy (non-hydrogen) atoms. The van der Waals surface area contributed by atoms with Crippen molar-refractivity contribution in [2.24, 2.45) is 0 Å². The number of hydrogen-bond acceptors (Lipinski definition) is 4. The van der Waals surface area contributed by atoms with E-state index in [9.17, 15) is 0 Å². The molecule has 1 fully saturated rings. The van der Waals surface area contributed by atoms with Gasteiger partial charge in [-0.2, -0.15) is 5.21 Å². The van der Waals surface area contributed by atoms with Crippen LogP contribution >= 0.6 is 0 Å². The molecule has 3 rings (SSSR count). The van der Waals surface area contributed by atoms with E-state index in [0.29, 0.717) is 0 Å². The largest absolute Gasteiger partial charge is 0.317 e. The summed E-state index contributed by atoms with van der Waals surface area (Å²) in [5.41, 5.74) is 1.36. The Morgan fingerprint density at radius 2 is 1.89 bits per heavy atom. The van der Waals surface area contributed by atoms with Crippen molar-refractivity contribution < 1.29 is 0 Å². The zero-order valence-corrected chi connectivity index (χ0v) is 10.3. The van der Waals surface area contributed by atoms with Crippen molar-refractivity contribution in [2.75, 3.05) is 13.1 Å². The highest BCUT2D eigenvalue weighted by Crippen LogP contribution is 2.34. The molecule has 0 radical (unpaired) electrons. The summed E-state index contributed by atoms with van der Waals surface area (Å²) in [7, 11) is 0. The topological polar surface area (TPSA) is 66.5 Å². The third kappa shape index (κ3) is 2.13. The second-order valence-corrected chi connectivity index (χ2v) is 4.93. The van der Waals surface area contributed by atoms with E-state index in [4.69, 9.17) is 0 Å². The second-order valence-electron chi connectivity index (χ2n) is 4.93. The summed E-state index contributed by atoms with van der Waals surface area (Å²) in [4.78, 5) is 0. The van der Waals surface area contributed by atoms with Gasteiger partial charge in [-0.25, -0.2) is 0 Å². The van der Waals surface area contributed by atoms with Crippen LogP contribution in [0.4, 0.5) is 0 Å². The van der Waals surface area contributed by atoms with E-state index < -0.39 is 0 Å². The zero-order valence-electron chi connectivity index (χ0n) is 10.3. The first-order chi connectivity index (χ1) is 8.89. The Morgan fingerprint density at radius 1 is 1.11 bits per heavy atom. The fraction of sp³-hybridized carbons (Fsp3) is 0.462. The third-order valence-corrected chi connectivity index (χ3v) is 3.77. The van der Waals surface area contributed by atoms with Crippen LogP contribution in [0.2, 0.25) is 0 Å². The highest BCUT2D eigenvalue weighted by Gasteiger charge is 2.37. The summed E-state index contributed by atoms with van der Waals surface area (Å²) in [6.45, 7) is 2.03. The standard InChI is InChI=1S/C13H17N5/c1-2-4-11(5-3-1)10-13(6-8-14-9-7-13)12-15-17-18-16-12/h1-5,14H,6-10H2,(H,15,16,17,18). The molecule has 0 atom stereocenters. The van der Waals surface area contributed by atoms with Crippen LogP contribution in [0.3, 0.4) is 0 Å². The average Bonchev–Trinajstić information content (AvgIpc) is 2.95. The fourth-order valence-electron chi connectivity index (χ4n) is 2.76. The number of rotatable bonds is 3. The second kappa shape index (κ2) is 4.86. The lowest BCUT2D eigenvalue weighted by Gasteiger charge is -2.35. The third-order valence-electron chi connectivity index (χ3n) is 3.77. The molecule has 2 N–H and O–H groups in total. The molecule has 0 amide bonds. The molecule has 1 aromatic carbocycles. The molecule has 0 bridgehead atoms. The summed E-state index contributed by atoms with van der Waals surface area (Å²) in [6, 6.07) is 10.6. The van der Waals surface area contributed by atoms with Crippen LogP contribution in [0.25, 0.3) is 0 Å². The van der Waals surface area contributed by atoms with Crippen molar-refractivity contribution in [2.45, 2.75) is 24.7 Å². The van der Waals surface area contributed by atoms with Gasteiger partial charge in [-0.3, -0.25) is 0 Å². The Labute approximate surface area is 106 Å². The molecule has 94 valence electrons. The van der Waals surface area contributed by atoms with E-state index in [1.54, 1.807) is 0 Å². The van der Waals surface area contributed by atoms with Crippen LogP contribution in [0.15, 0.2) is 30.3 Å². The monoisotopic (exact) mass is 243 g/mol. The number of aromatic nitrogens is 4. The lowest BCUT2D eigenvalue weighted by molar-refractivity contribution is 0.289. The van der Waals surface area contributed by atoms with E-state index in [1.807, 2.05) is 6.07 Å². The van der Waals surface area contributed by atoms with Crippen LogP contribution in [-0.2, 0) is 11.8 Å². The van der Waals surface area contributed by atoms with Crippen molar-refractivity contribution in [3.63, 3.8) is 0 Å². The van der Waals surface area contributed by atoms with Crippen LogP contribution in [0.1, 0.15) is 24.2 Å². The maximum atomic E-state index is 4.23. The molecule has 5 nitrogen and oxygen atoms in total. The van der Waals surface area contributed by atoms with Gasteiger partial charge in [0.05, 0.1) is 0 Å². The van der Waals surface area contributed by atoms with Gasteiger partial charge in [0.2, 0.25) is 0 Å². The number of H-pyrrole nitrogens is 1. The summed E-state index contributed by atoms with van der Waals surface area (Å²) < 4.78 is 0. The van der Waals surface area contributed by atoms with Crippen molar-refractivity contribution >= 4 is 0 Å². The highest BCUT2D eigenvalue weighted by molar-refractivity contribution is 5.21. The quantitative estimate of drug-likeness (QED) is 0.846. The normalized spacial score (nSPS) is 18.7. The molecule has 0 spiro atoms. The zero-order chi connectivity index (χ0) is 12.3. The Balaban J connectivity index is 1.91. The fourth-order valence-corrected chi connectivity index (χ4v) is 2.76. The first-order valence-electron chi connectivity index (χ1n) is 6.38. The van der Waals surface area contributed by atoms with Crippen LogP contribution in [0.5, 0.6) is 0 Å². The molecule has 0 saturated carbocycles. The number of benzene rings is 1. The number of piperidine rings is 1. The molecular formula is C13H17N5. The molecule has 5 heteroatoms. The van der Waals surface area contributed by atoms with Crippen LogP contribution < -0.4 is 5.32 Å². The van der Waals surface area contributed by atoms with Crippen LogP contribution in [0, 0.1) is 0 Å². The van der Waals surface area contributed by atoms with Crippen molar-refractivity contribution in [1.29, 1.82) is 0 Å². The lowest BCUT2D eigenvalue weighted by atomic mass is 9.73. The smallest absolute Gasteiger partial charge is 0.181 e. The van der Waals surface area contributed by atoms with Gasteiger partial charge >= 0.3 is 0 Å². The molecule has 1 aliphatic heterocycles.